The molecule has 2 atom stereocenters. The highest BCUT2D eigenvalue weighted by atomic mass is 19.1. The van der Waals surface area contributed by atoms with Crippen LogP contribution in [0.5, 0.6) is 0 Å². The standard InChI is InChI=1S/C19H28FN3O2/c1-12(2)17(21)19(25)22-11-16(24)23-18(13-7-3-4-8-13)14-9-5-6-10-15(14)20/h5-6,9-10,12-13,17-18H,3-4,7-8,11,21H2,1-2H3,(H,22,25)(H,23,24)/t17-,18?/m0/s1. The van der Waals surface area contributed by atoms with E-state index in [0.717, 1.165) is 25.7 Å². The first kappa shape index (κ1) is 19.4. The van der Waals surface area contributed by atoms with Gasteiger partial charge < -0.3 is 16.4 Å². The van der Waals surface area contributed by atoms with Crippen LogP contribution in [0.2, 0.25) is 0 Å². The molecule has 25 heavy (non-hydrogen) atoms. The summed E-state index contributed by atoms with van der Waals surface area (Å²) in [5.41, 5.74) is 6.27. The van der Waals surface area contributed by atoms with E-state index >= 15 is 0 Å². The van der Waals surface area contributed by atoms with Gasteiger partial charge >= 0.3 is 0 Å². The van der Waals surface area contributed by atoms with E-state index in [1.54, 1.807) is 18.2 Å². The molecule has 1 fully saturated rings. The SMILES string of the molecule is CC(C)[C@H](N)C(=O)NCC(=O)NC(c1ccccc1F)C1CCCC1. The molecular formula is C19H28FN3O2. The molecule has 2 rings (SSSR count). The Morgan fingerprint density at radius 2 is 1.88 bits per heavy atom. The second kappa shape index (κ2) is 8.94. The first-order valence-corrected chi connectivity index (χ1v) is 8.97. The zero-order valence-electron chi connectivity index (χ0n) is 14.9. The first-order valence-electron chi connectivity index (χ1n) is 8.97. The van der Waals surface area contributed by atoms with Crippen LogP contribution < -0.4 is 16.4 Å². The molecular weight excluding hydrogens is 321 g/mol. The summed E-state index contributed by atoms with van der Waals surface area (Å²) >= 11 is 0. The van der Waals surface area contributed by atoms with Gasteiger partial charge in [-0.05, 0) is 30.7 Å². The molecule has 0 aliphatic heterocycles. The van der Waals surface area contributed by atoms with Gasteiger partial charge in [0.15, 0.2) is 0 Å². The molecule has 1 aromatic carbocycles. The summed E-state index contributed by atoms with van der Waals surface area (Å²) in [7, 11) is 0. The average Bonchev–Trinajstić information content (AvgIpc) is 3.11. The van der Waals surface area contributed by atoms with Crippen LogP contribution in [-0.4, -0.2) is 24.4 Å². The van der Waals surface area contributed by atoms with E-state index in [-0.39, 0.29) is 42.1 Å². The first-order chi connectivity index (χ1) is 11.9. The monoisotopic (exact) mass is 349 g/mol. The topological polar surface area (TPSA) is 84.2 Å². The lowest BCUT2D eigenvalue weighted by atomic mass is 9.91. The normalized spacial score (nSPS) is 17.3. The number of carbonyl (C=O) groups is 2. The molecule has 2 amide bonds. The number of nitrogens with one attached hydrogen (secondary N) is 2. The number of carbonyl (C=O) groups excluding carboxylic acids is 2. The minimum Gasteiger partial charge on any atom is -0.347 e. The van der Waals surface area contributed by atoms with Gasteiger partial charge in [-0.25, -0.2) is 4.39 Å². The predicted molar refractivity (Wildman–Crippen MR) is 95.1 cm³/mol. The van der Waals surface area contributed by atoms with Crippen molar-refractivity contribution in [3.05, 3.63) is 35.6 Å². The average molecular weight is 349 g/mol. The molecule has 1 aliphatic carbocycles. The Kier molecular flexibility index (Phi) is 6.93. The minimum atomic E-state index is -0.648. The third-order valence-corrected chi connectivity index (χ3v) is 4.87. The quantitative estimate of drug-likeness (QED) is 0.706. The van der Waals surface area contributed by atoms with Crippen molar-refractivity contribution < 1.29 is 14.0 Å². The molecule has 138 valence electrons. The van der Waals surface area contributed by atoms with Crippen molar-refractivity contribution in [2.24, 2.45) is 17.6 Å². The molecule has 0 heterocycles. The summed E-state index contributed by atoms with van der Waals surface area (Å²) < 4.78 is 14.2. The summed E-state index contributed by atoms with van der Waals surface area (Å²) in [4.78, 5) is 24.2. The van der Waals surface area contributed by atoms with Gasteiger partial charge in [-0.2, -0.15) is 0 Å². The largest absolute Gasteiger partial charge is 0.347 e. The van der Waals surface area contributed by atoms with Crippen molar-refractivity contribution in [1.29, 1.82) is 0 Å². The second-order valence-corrected chi connectivity index (χ2v) is 7.10. The number of hydrogen-bond acceptors (Lipinski definition) is 3. The summed E-state index contributed by atoms with van der Waals surface area (Å²) in [5.74, 6) is -0.786. The molecule has 0 spiro atoms. The van der Waals surface area contributed by atoms with Crippen molar-refractivity contribution in [2.45, 2.75) is 51.6 Å². The highest BCUT2D eigenvalue weighted by molar-refractivity contribution is 5.87. The fraction of sp³-hybridized carbons (Fsp3) is 0.579. The number of nitrogens with two attached hydrogens (primary N) is 1. The molecule has 0 bridgehead atoms. The van der Waals surface area contributed by atoms with E-state index in [1.165, 1.54) is 6.07 Å². The van der Waals surface area contributed by atoms with Crippen molar-refractivity contribution in [1.82, 2.24) is 10.6 Å². The van der Waals surface area contributed by atoms with Crippen LogP contribution in [0.15, 0.2) is 24.3 Å². The van der Waals surface area contributed by atoms with Gasteiger partial charge in [-0.15, -0.1) is 0 Å². The van der Waals surface area contributed by atoms with E-state index in [2.05, 4.69) is 10.6 Å². The lowest BCUT2D eigenvalue weighted by molar-refractivity contribution is -0.127. The fourth-order valence-corrected chi connectivity index (χ4v) is 3.28. The molecule has 1 saturated carbocycles. The molecule has 1 aromatic rings. The number of amides is 2. The van der Waals surface area contributed by atoms with Crippen LogP contribution in [0.25, 0.3) is 0 Å². The van der Waals surface area contributed by atoms with Gasteiger partial charge in [0.1, 0.15) is 5.82 Å². The lowest BCUT2D eigenvalue weighted by Crippen LogP contribution is -2.48. The zero-order valence-corrected chi connectivity index (χ0v) is 14.9. The maximum atomic E-state index is 14.2. The summed E-state index contributed by atoms with van der Waals surface area (Å²) in [6.45, 7) is 3.54. The van der Waals surface area contributed by atoms with Crippen LogP contribution in [0.1, 0.15) is 51.1 Å². The summed E-state index contributed by atoms with van der Waals surface area (Å²) in [6.07, 6.45) is 4.10. The number of rotatable bonds is 7. The fourth-order valence-electron chi connectivity index (χ4n) is 3.28. The van der Waals surface area contributed by atoms with Crippen molar-refractivity contribution >= 4 is 11.8 Å². The lowest BCUT2D eigenvalue weighted by Gasteiger charge is -2.26. The zero-order chi connectivity index (χ0) is 18.4. The van der Waals surface area contributed by atoms with E-state index in [0.29, 0.717) is 5.56 Å². The molecule has 5 nitrogen and oxygen atoms in total. The van der Waals surface area contributed by atoms with Crippen LogP contribution in [0.3, 0.4) is 0 Å². The molecule has 0 aromatic heterocycles. The Morgan fingerprint density at radius 1 is 1.24 bits per heavy atom. The second-order valence-electron chi connectivity index (χ2n) is 7.10. The van der Waals surface area contributed by atoms with Gasteiger partial charge in [-0.1, -0.05) is 44.9 Å². The molecule has 1 unspecified atom stereocenters. The van der Waals surface area contributed by atoms with Crippen molar-refractivity contribution in [3.8, 4) is 0 Å². The van der Waals surface area contributed by atoms with Crippen LogP contribution in [0.4, 0.5) is 4.39 Å². The highest BCUT2D eigenvalue weighted by Gasteiger charge is 2.29. The number of benzene rings is 1. The highest BCUT2D eigenvalue weighted by Crippen LogP contribution is 2.36. The Labute approximate surface area is 148 Å². The van der Waals surface area contributed by atoms with Crippen LogP contribution >= 0.6 is 0 Å². The van der Waals surface area contributed by atoms with Crippen LogP contribution in [0, 0.1) is 17.7 Å². The Bertz CT molecular complexity index is 600. The number of halogens is 1. The predicted octanol–water partition coefficient (Wildman–Crippen LogP) is 2.27. The Morgan fingerprint density at radius 3 is 2.48 bits per heavy atom. The van der Waals surface area contributed by atoms with Gasteiger partial charge in [-0.3, -0.25) is 9.59 Å². The molecule has 1 aliphatic rings. The van der Waals surface area contributed by atoms with E-state index in [9.17, 15) is 14.0 Å². The molecule has 4 N–H and O–H groups in total. The molecule has 6 heteroatoms. The van der Waals surface area contributed by atoms with Crippen molar-refractivity contribution in [2.75, 3.05) is 6.54 Å². The number of hydrogen-bond donors (Lipinski definition) is 3. The Balaban J connectivity index is 2.00. The van der Waals surface area contributed by atoms with Gasteiger partial charge in [0.25, 0.3) is 0 Å². The third kappa shape index (κ3) is 5.26. The summed E-state index contributed by atoms with van der Waals surface area (Å²) in [5, 5.41) is 5.46. The third-order valence-electron chi connectivity index (χ3n) is 4.87. The van der Waals surface area contributed by atoms with Crippen molar-refractivity contribution in [3.63, 3.8) is 0 Å². The van der Waals surface area contributed by atoms with E-state index < -0.39 is 6.04 Å². The van der Waals surface area contributed by atoms with Gasteiger partial charge in [0, 0.05) is 5.56 Å². The van der Waals surface area contributed by atoms with Crippen LogP contribution in [-0.2, 0) is 9.59 Å². The van der Waals surface area contributed by atoms with Gasteiger partial charge in [0.05, 0.1) is 18.6 Å². The van der Waals surface area contributed by atoms with E-state index in [1.807, 2.05) is 13.8 Å². The maximum Gasteiger partial charge on any atom is 0.239 e. The van der Waals surface area contributed by atoms with Gasteiger partial charge in [0.2, 0.25) is 11.8 Å². The smallest absolute Gasteiger partial charge is 0.239 e. The molecule has 0 saturated heterocycles. The Hall–Kier alpha value is -1.95. The molecule has 0 radical (unpaired) electrons. The minimum absolute atomic E-state index is 0.00675. The van der Waals surface area contributed by atoms with E-state index in [4.69, 9.17) is 5.73 Å². The maximum absolute atomic E-state index is 14.2. The summed E-state index contributed by atoms with van der Waals surface area (Å²) in [6, 6.07) is 5.52.